The van der Waals surface area contributed by atoms with E-state index in [0.717, 1.165) is 22.7 Å². The molecule has 1 aliphatic rings. The minimum atomic E-state index is -0.943. The molecule has 1 saturated heterocycles. The summed E-state index contributed by atoms with van der Waals surface area (Å²) in [5.74, 6) is 1.45. The second kappa shape index (κ2) is 6.46. The Morgan fingerprint density at radius 1 is 1.48 bits per heavy atom. The number of rotatable bonds is 4. The van der Waals surface area contributed by atoms with Crippen molar-refractivity contribution in [3.63, 3.8) is 0 Å². The van der Waals surface area contributed by atoms with Crippen molar-refractivity contribution in [2.45, 2.75) is 23.8 Å². The van der Waals surface area contributed by atoms with E-state index in [1.807, 2.05) is 28.9 Å². The summed E-state index contributed by atoms with van der Waals surface area (Å²) in [5, 5.41) is 13.2. The van der Waals surface area contributed by atoms with Crippen molar-refractivity contribution in [1.29, 1.82) is 0 Å². The van der Waals surface area contributed by atoms with E-state index in [0.29, 0.717) is 10.5 Å². The van der Waals surface area contributed by atoms with Crippen LogP contribution in [0.1, 0.15) is 34.1 Å². The first-order chi connectivity index (χ1) is 10.2. The Labute approximate surface area is 135 Å². The minimum Gasteiger partial charge on any atom is -0.477 e. The van der Waals surface area contributed by atoms with Crippen LogP contribution in [0.15, 0.2) is 17.6 Å². The monoisotopic (exact) mass is 340 g/mol. The summed E-state index contributed by atoms with van der Waals surface area (Å²) in [6.07, 6.45) is 2.87. The van der Waals surface area contributed by atoms with Crippen LogP contribution in [0.2, 0.25) is 0 Å². The standard InChI is InChI=1S/C14H16N2O2S3/c1-2-11-12(20-4-3-19-11)13-16-10(7-21-13)8-5-9(14(17)18)15-6-8/h5-7,11-12,15H,2-4H2,1H3,(H,17,18). The van der Waals surface area contributed by atoms with E-state index in [1.54, 1.807) is 23.6 Å². The fourth-order valence-electron chi connectivity index (χ4n) is 2.35. The SMILES string of the molecule is CCC1SCCSC1c1nc(-c2c[nH]c(C(=O)O)c2)cs1. The Bertz CT molecular complexity index is 638. The van der Waals surface area contributed by atoms with E-state index < -0.39 is 5.97 Å². The molecule has 2 N–H and O–H groups in total. The highest BCUT2D eigenvalue weighted by Crippen LogP contribution is 2.45. The fraction of sp³-hybridized carbons (Fsp3) is 0.429. The van der Waals surface area contributed by atoms with Gasteiger partial charge in [-0.15, -0.1) is 23.1 Å². The van der Waals surface area contributed by atoms with Gasteiger partial charge in [-0.25, -0.2) is 9.78 Å². The summed E-state index contributed by atoms with van der Waals surface area (Å²) in [4.78, 5) is 18.4. The first kappa shape index (κ1) is 15.0. The Balaban J connectivity index is 1.83. The molecule has 0 saturated carbocycles. The zero-order valence-electron chi connectivity index (χ0n) is 11.5. The highest BCUT2D eigenvalue weighted by molar-refractivity contribution is 8.06. The number of carboxylic acids is 1. The molecular formula is C14H16N2O2S3. The Kier molecular flexibility index (Phi) is 4.61. The molecule has 0 spiro atoms. The van der Waals surface area contributed by atoms with E-state index in [4.69, 9.17) is 10.1 Å². The van der Waals surface area contributed by atoms with Gasteiger partial charge in [0.25, 0.3) is 0 Å². The number of aromatic nitrogens is 2. The molecule has 112 valence electrons. The minimum absolute atomic E-state index is 0.202. The quantitative estimate of drug-likeness (QED) is 0.876. The molecule has 3 rings (SSSR count). The maximum Gasteiger partial charge on any atom is 0.352 e. The molecule has 2 aromatic heterocycles. The summed E-state index contributed by atoms with van der Waals surface area (Å²) in [6.45, 7) is 2.23. The summed E-state index contributed by atoms with van der Waals surface area (Å²) in [6, 6.07) is 1.64. The molecule has 2 aromatic rings. The molecule has 21 heavy (non-hydrogen) atoms. The van der Waals surface area contributed by atoms with Crippen LogP contribution in [0.4, 0.5) is 0 Å². The fourth-order valence-corrected chi connectivity index (χ4v) is 6.62. The van der Waals surface area contributed by atoms with Gasteiger partial charge in [0.2, 0.25) is 0 Å². The molecule has 1 fully saturated rings. The average molecular weight is 340 g/mol. The molecule has 0 amide bonds. The van der Waals surface area contributed by atoms with Crippen molar-refractivity contribution in [2.75, 3.05) is 11.5 Å². The van der Waals surface area contributed by atoms with Crippen LogP contribution in [0.3, 0.4) is 0 Å². The Hall–Kier alpha value is -0.920. The predicted octanol–water partition coefficient (Wildman–Crippen LogP) is 4.14. The van der Waals surface area contributed by atoms with E-state index >= 15 is 0 Å². The number of carbonyl (C=O) groups is 1. The molecule has 2 unspecified atom stereocenters. The molecule has 2 atom stereocenters. The number of aromatic carboxylic acids is 1. The van der Waals surface area contributed by atoms with E-state index in [9.17, 15) is 4.79 Å². The zero-order valence-corrected chi connectivity index (χ0v) is 14.0. The molecule has 3 heterocycles. The van der Waals surface area contributed by atoms with Crippen LogP contribution < -0.4 is 0 Å². The van der Waals surface area contributed by atoms with Crippen LogP contribution in [0.5, 0.6) is 0 Å². The first-order valence-corrected chi connectivity index (χ1v) is 9.77. The van der Waals surface area contributed by atoms with Crippen molar-refractivity contribution in [3.05, 3.63) is 28.3 Å². The van der Waals surface area contributed by atoms with Gasteiger partial charge in [0, 0.05) is 33.9 Å². The summed E-state index contributed by atoms with van der Waals surface area (Å²) >= 11 is 5.72. The Morgan fingerprint density at radius 2 is 2.29 bits per heavy atom. The lowest BCUT2D eigenvalue weighted by atomic mass is 10.2. The van der Waals surface area contributed by atoms with Gasteiger partial charge in [0.05, 0.1) is 10.9 Å². The largest absolute Gasteiger partial charge is 0.477 e. The van der Waals surface area contributed by atoms with Crippen LogP contribution in [-0.4, -0.2) is 37.8 Å². The van der Waals surface area contributed by atoms with E-state index in [2.05, 4.69) is 11.9 Å². The molecule has 0 bridgehead atoms. The highest BCUT2D eigenvalue weighted by Gasteiger charge is 2.28. The topological polar surface area (TPSA) is 66.0 Å². The Morgan fingerprint density at radius 3 is 3.00 bits per heavy atom. The smallest absolute Gasteiger partial charge is 0.352 e. The maximum atomic E-state index is 10.9. The van der Waals surface area contributed by atoms with Gasteiger partial charge >= 0.3 is 5.97 Å². The molecule has 0 aromatic carbocycles. The molecule has 4 nitrogen and oxygen atoms in total. The number of aromatic amines is 1. The van der Waals surface area contributed by atoms with Gasteiger partial charge in [-0.1, -0.05) is 6.92 Å². The molecule has 1 aliphatic heterocycles. The number of hydrogen-bond acceptors (Lipinski definition) is 5. The zero-order chi connectivity index (χ0) is 14.8. The second-order valence-electron chi connectivity index (χ2n) is 4.79. The van der Waals surface area contributed by atoms with Gasteiger partial charge in [0.1, 0.15) is 10.7 Å². The van der Waals surface area contributed by atoms with E-state index in [1.165, 1.54) is 11.5 Å². The van der Waals surface area contributed by atoms with Crippen molar-refractivity contribution in [1.82, 2.24) is 9.97 Å². The molecule has 0 radical (unpaired) electrons. The predicted molar refractivity (Wildman–Crippen MR) is 90.6 cm³/mol. The summed E-state index contributed by atoms with van der Waals surface area (Å²) in [5.41, 5.74) is 1.91. The molecule has 0 aliphatic carbocycles. The lowest BCUT2D eigenvalue weighted by Gasteiger charge is -2.28. The lowest BCUT2D eigenvalue weighted by molar-refractivity contribution is 0.0691. The van der Waals surface area contributed by atoms with Crippen molar-refractivity contribution < 1.29 is 9.90 Å². The van der Waals surface area contributed by atoms with Gasteiger partial charge < -0.3 is 10.1 Å². The average Bonchev–Trinajstić information content (AvgIpc) is 3.16. The van der Waals surface area contributed by atoms with E-state index in [-0.39, 0.29) is 5.69 Å². The summed E-state index contributed by atoms with van der Waals surface area (Å²) in [7, 11) is 0. The third-order valence-electron chi connectivity index (χ3n) is 3.43. The number of H-pyrrole nitrogens is 1. The molecular weight excluding hydrogens is 324 g/mol. The normalized spacial score (nSPS) is 22.3. The van der Waals surface area contributed by atoms with Crippen LogP contribution in [-0.2, 0) is 0 Å². The van der Waals surface area contributed by atoms with Gasteiger partial charge in [0.15, 0.2) is 0 Å². The summed E-state index contributed by atoms with van der Waals surface area (Å²) < 4.78 is 0. The van der Waals surface area contributed by atoms with Crippen LogP contribution >= 0.6 is 34.9 Å². The number of nitrogens with one attached hydrogen (secondary N) is 1. The second-order valence-corrected chi connectivity index (χ2v) is 8.27. The van der Waals surface area contributed by atoms with Crippen LogP contribution in [0.25, 0.3) is 11.3 Å². The number of thiazole rings is 1. The van der Waals surface area contributed by atoms with Crippen LogP contribution in [0, 0.1) is 0 Å². The van der Waals surface area contributed by atoms with Crippen molar-refractivity contribution in [2.24, 2.45) is 0 Å². The third kappa shape index (κ3) is 3.14. The van der Waals surface area contributed by atoms with Crippen molar-refractivity contribution >= 4 is 40.8 Å². The van der Waals surface area contributed by atoms with Gasteiger partial charge in [-0.05, 0) is 12.5 Å². The van der Waals surface area contributed by atoms with Gasteiger partial charge in [-0.2, -0.15) is 11.8 Å². The number of thioether (sulfide) groups is 2. The first-order valence-electron chi connectivity index (χ1n) is 6.79. The lowest BCUT2D eigenvalue weighted by Crippen LogP contribution is -2.18. The highest BCUT2D eigenvalue weighted by atomic mass is 32.2. The molecule has 7 heteroatoms. The maximum absolute atomic E-state index is 10.9. The van der Waals surface area contributed by atoms with Crippen molar-refractivity contribution in [3.8, 4) is 11.3 Å². The number of hydrogen-bond donors (Lipinski definition) is 2. The van der Waals surface area contributed by atoms with Gasteiger partial charge in [-0.3, -0.25) is 0 Å². The number of carboxylic acid groups (broad SMARTS) is 1. The third-order valence-corrected chi connectivity index (χ3v) is 7.76. The number of nitrogens with zero attached hydrogens (tertiary/aromatic N) is 1.